The van der Waals surface area contributed by atoms with Crippen molar-refractivity contribution in [1.29, 1.82) is 0 Å². The number of Topliss-reactive ketones (excluding diaryl/α,β-unsaturated/α-hetero) is 2. The Morgan fingerprint density at radius 3 is 1.84 bits per heavy atom. The summed E-state index contributed by atoms with van der Waals surface area (Å²) in [6.45, 7) is 3.46. The molecule has 19 heavy (non-hydrogen) atoms. The molecule has 2 aliphatic rings. The van der Waals surface area contributed by atoms with Crippen molar-refractivity contribution < 1.29 is 9.59 Å². The monoisotopic (exact) mass is 328 g/mol. The number of halogens is 1. The first kappa shape index (κ1) is 15.2. The van der Waals surface area contributed by atoms with Gasteiger partial charge in [-0.1, -0.05) is 15.9 Å². The highest BCUT2D eigenvalue weighted by atomic mass is 79.9. The van der Waals surface area contributed by atoms with Crippen LogP contribution in [0.4, 0.5) is 0 Å². The highest BCUT2D eigenvalue weighted by Crippen LogP contribution is 2.44. The van der Waals surface area contributed by atoms with Gasteiger partial charge in [-0.2, -0.15) is 0 Å². The minimum absolute atomic E-state index is 0.272. The van der Waals surface area contributed by atoms with Crippen LogP contribution in [0.2, 0.25) is 0 Å². The molecule has 0 heterocycles. The average molecular weight is 329 g/mol. The summed E-state index contributed by atoms with van der Waals surface area (Å²) < 4.78 is 0. The number of alkyl halides is 1. The smallest absolute Gasteiger partial charge is 0.132 e. The Morgan fingerprint density at radius 1 is 0.842 bits per heavy atom. The van der Waals surface area contributed by atoms with E-state index < -0.39 is 0 Å². The second kappa shape index (κ2) is 6.51. The SMILES string of the molecule is CC(=O)C1CCC(C2CCC(C(C)=O)CC2Br)CC1. The molecule has 0 bridgehead atoms. The lowest BCUT2D eigenvalue weighted by Crippen LogP contribution is -2.35. The second-order valence-corrected chi connectivity index (χ2v) is 7.70. The fourth-order valence-corrected chi connectivity index (χ4v) is 5.14. The maximum atomic E-state index is 11.5. The highest BCUT2D eigenvalue weighted by Gasteiger charge is 2.37. The number of rotatable bonds is 3. The van der Waals surface area contributed by atoms with Gasteiger partial charge >= 0.3 is 0 Å². The van der Waals surface area contributed by atoms with Crippen LogP contribution >= 0.6 is 15.9 Å². The Hall–Kier alpha value is -0.180. The summed E-state index contributed by atoms with van der Waals surface area (Å²) in [7, 11) is 0. The zero-order chi connectivity index (χ0) is 14.0. The highest BCUT2D eigenvalue weighted by molar-refractivity contribution is 9.09. The van der Waals surface area contributed by atoms with Crippen molar-refractivity contribution in [2.75, 3.05) is 0 Å². The topological polar surface area (TPSA) is 34.1 Å². The Morgan fingerprint density at radius 2 is 1.37 bits per heavy atom. The van der Waals surface area contributed by atoms with Crippen LogP contribution in [0.3, 0.4) is 0 Å². The van der Waals surface area contributed by atoms with E-state index in [9.17, 15) is 9.59 Å². The molecule has 2 nitrogen and oxygen atoms in total. The van der Waals surface area contributed by atoms with Crippen LogP contribution < -0.4 is 0 Å². The van der Waals surface area contributed by atoms with Crippen LogP contribution in [-0.4, -0.2) is 16.4 Å². The second-order valence-electron chi connectivity index (χ2n) is 6.52. The minimum Gasteiger partial charge on any atom is -0.300 e. The van der Waals surface area contributed by atoms with Crippen LogP contribution in [0.5, 0.6) is 0 Å². The molecule has 2 saturated carbocycles. The summed E-state index contributed by atoms with van der Waals surface area (Å²) in [6, 6.07) is 0. The molecular formula is C16H25BrO2. The van der Waals surface area contributed by atoms with Gasteiger partial charge in [0.15, 0.2) is 0 Å². The summed E-state index contributed by atoms with van der Waals surface area (Å²) in [5.74, 6) is 2.78. The summed E-state index contributed by atoms with van der Waals surface area (Å²) >= 11 is 3.82. The van der Waals surface area contributed by atoms with Crippen molar-refractivity contribution in [3.8, 4) is 0 Å². The van der Waals surface area contributed by atoms with E-state index in [1.807, 2.05) is 0 Å². The number of hydrogen-bond acceptors (Lipinski definition) is 2. The van der Waals surface area contributed by atoms with Gasteiger partial charge in [0.25, 0.3) is 0 Å². The third kappa shape index (κ3) is 3.68. The molecule has 0 aromatic heterocycles. The van der Waals surface area contributed by atoms with E-state index in [0.717, 1.165) is 31.6 Å². The molecule has 0 spiro atoms. The van der Waals surface area contributed by atoms with Crippen molar-refractivity contribution in [2.45, 2.75) is 63.6 Å². The van der Waals surface area contributed by atoms with E-state index in [1.165, 1.54) is 19.3 Å². The molecular weight excluding hydrogens is 304 g/mol. The number of ketones is 2. The molecule has 0 radical (unpaired) electrons. The molecule has 3 unspecified atom stereocenters. The lowest BCUT2D eigenvalue weighted by atomic mass is 9.68. The normalized spacial score (nSPS) is 39.8. The summed E-state index contributed by atoms with van der Waals surface area (Å²) in [4.78, 5) is 23.4. The quantitative estimate of drug-likeness (QED) is 0.729. The van der Waals surface area contributed by atoms with Gasteiger partial charge in [-0.15, -0.1) is 0 Å². The summed E-state index contributed by atoms with van der Waals surface area (Å²) in [5.41, 5.74) is 0. The molecule has 0 aliphatic heterocycles. The molecule has 2 fully saturated rings. The zero-order valence-electron chi connectivity index (χ0n) is 12.0. The molecule has 0 amide bonds. The van der Waals surface area contributed by atoms with Crippen molar-refractivity contribution in [2.24, 2.45) is 23.7 Å². The molecule has 2 aliphatic carbocycles. The molecule has 0 N–H and O–H groups in total. The minimum atomic E-state index is 0.272. The molecule has 3 atom stereocenters. The van der Waals surface area contributed by atoms with Crippen LogP contribution in [0.25, 0.3) is 0 Å². The van der Waals surface area contributed by atoms with Crippen LogP contribution in [0, 0.1) is 23.7 Å². The predicted octanol–water partition coefficient (Wildman–Crippen LogP) is 4.15. The Kier molecular flexibility index (Phi) is 5.22. The largest absolute Gasteiger partial charge is 0.300 e. The molecule has 0 aromatic carbocycles. The van der Waals surface area contributed by atoms with Crippen molar-refractivity contribution >= 4 is 27.5 Å². The van der Waals surface area contributed by atoms with Gasteiger partial charge in [-0.3, -0.25) is 9.59 Å². The number of carbonyl (C=O) groups excluding carboxylic acids is 2. The van der Waals surface area contributed by atoms with Crippen LogP contribution in [0.15, 0.2) is 0 Å². The van der Waals surface area contributed by atoms with E-state index in [4.69, 9.17) is 0 Å². The molecule has 2 rings (SSSR count). The Balaban J connectivity index is 1.87. The third-order valence-electron chi connectivity index (χ3n) is 5.35. The number of carbonyl (C=O) groups is 2. The summed E-state index contributed by atoms with van der Waals surface area (Å²) in [5, 5.41) is 0. The first-order valence-electron chi connectivity index (χ1n) is 7.64. The summed E-state index contributed by atoms with van der Waals surface area (Å²) in [6.07, 6.45) is 7.79. The van der Waals surface area contributed by atoms with Gasteiger partial charge in [-0.25, -0.2) is 0 Å². The lowest BCUT2D eigenvalue weighted by Gasteiger charge is -2.40. The van der Waals surface area contributed by atoms with Gasteiger partial charge in [0, 0.05) is 16.7 Å². The van der Waals surface area contributed by atoms with E-state index >= 15 is 0 Å². The van der Waals surface area contributed by atoms with Crippen LogP contribution in [0.1, 0.15) is 58.8 Å². The number of hydrogen-bond donors (Lipinski definition) is 0. The van der Waals surface area contributed by atoms with Gasteiger partial charge in [0.2, 0.25) is 0 Å². The fraction of sp³-hybridized carbons (Fsp3) is 0.875. The van der Waals surface area contributed by atoms with E-state index in [2.05, 4.69) is 15.9 Å². The van der Waals surface area contributed by atoms with E-state index in [0.29, 0.717) is 28.2 Å². The van der Waals surface area contributed by atoms with Crippen molar-refractivity contribution in [3.63, 3.8) is 0 Å². The van der Waals surface area contributed by atoms with Crippen molar-refractivity contribution in [3.05, 3.63) is 0 Å². The average Bonchev–Trinajstić information content (AvgIpc) is 2.38. The van der Waals surface area contributed by atoms with Gasteiger partial charge in [-0.05, 0) is 70.6 Å². The lowest BCUT2D eigenvalue weighted by molar-refractivity contribution is -0.123. The molecule has 0 saturated heterocycles. The van der Waals surface area contributed by atoms with Gasteiger partial charge in [0.05, 0.1) is 0 Å². The van der Waals surface area contributed by atoms with E-state index in [-0.39, 0.29) is 5.92 Å². The predicted molar refractivity (Wildman–Crippen MR) is 80.4 cm³/mol. The maximum Gasteiger partial charge on any atom is 0.132 e. The van der Waals surface area contributed by atoms with Crippen molar-refractivity contribution in [1.82, 2.24) is 0 Å². The zero-order valence-corrected chi connectivity index (χ0v) is 13.6. The maximum absolute atomic E-state index is 11.5. The molecule has 3 heteroatoms. The Bertz CT molecular complexity index is 345. The third-order valence-corrected chi connectivity index (χ3v) is 6.40. The van der Waals surface area contributed by atoms with Gasteiger partial charge in [0.1, 0.15) is 11.6 Å². The van der Waals surface area contributed by atoms with Crippen LogP contribution in [-0.2, 0) is 9.59 Å². The Labute approximate surface area is 124 Å². The first-order valence-corrected chi connectivity index (χ1v) is 8.55. The first-order chi connectivity index (χ1) is 8.99. The van der Waals surface area contributed by atoms with E-state index in [1.54, 1.807) is 13.8 Å². The fourth-order valence-electron chi connectivity index (χ4n) is 3.99. The molecule has 0 aromatic rings. The standard InChI is InChI=1S/C16H25BrO2/c1-10(18)12-3-5-13(6-4-12)15-8-7-14(11(2)19)9-16(15)17/h12-16H,3-9H2,1-2H3. The van der Waals surface area contributed by atoms with Gasteiger partial charge < -0.3 is 0 Å². The molecule has 108 valence electrons.